The zero-order valence-corrected chi connectivity index (χ0v) is 16.8. The first kappa shape index (κ1) is 18.9. The maximum absolute atomic E-state index is 13.4. The topological polar surface area (TPSA) is 111 Å². The van der Waals surface area contributed by atoms with Gasteiger partial charge in [-0.3, -0.25) is 4.79 Å². The predicted octanol–water partition coefficient (Wildman–Crippen LogP) is 3.06. The average molecular weight is 408 g/mol. The second kappa shape index (κ2) is 6.89. The van der Waals surface area contributed by atoms with Gasteiger partial charge in [-0.25, -0.2) is 13.5 Å². The average Bonchev–Trinajstić information content (AvgIpc) is 3.02. The molecule has 0 radical (unpaired) electrons. The van der Waals surface area contributed by atoms with Gasteiger partial charge >= 0.3 is 0 Å². The number of nitrogens with zero attached hydrogens (tertiary/aromatic N) is 2. The molecule has 0 aliphatic rings. The summed E-state index contributed by atoms with van der Waals surface area (Å²) in [6.07, 6.45) is 1.34. The van der Waals surface area contributed by atoms with Gasteiger partial charge in [0.1, 0.15) is 16.2 Å². The van der Waals surface area contributed by atoms with E-state index in [1.54, 1.807) is 16.7 Å². The molecule has 148 valence electrons. The molecule has 0 aliphatic carbocycles. The molecule has 2 aromatic carbocycles. The van der Waals surface area contributed by atoms with Crippen LogP contribution in [-0.4, -0.2) is 23.2 Å². The number of H-pyrrole nitrogens is 1. The van der Waals surface area contributed by atoms with Crippen LogP contribution in [0.15, 0.2) is 75.4 Å². The van der Waals surface area contributed by atoms with Crippen LogP contribution in [0.3, 0.4) is 0 Å². The zero-order chi connectivity index (χ0) is 20.8. The number of anilines is 1. The Kier molecular flexibility index (Phi) is 4.50. The van der Waals surface area contributed by atoms with Crippen LogP contribution in [0.5, 0.6) is 0 Å². The number of fused-ring (bicyclic) bond motifs is 1. The van der Waals surface area contributed by atoms with E-state index in [0.29, 0.717) is 0 Å². The van der Waals surface area contributed by atoms with E-state index in [1.165, 1.54) is 18.3 Å². The Balaban J connectivity index is 2.05. The molecule has 3 N–H and O–H groups in total. The number of sulfone groups is 1. The third-order valence-corrected chi connectivity index (χ3v) is 6.94. The lowest BCUT2D eigenvalue weighted by Gasteiger charge is -2.17. The van der Waals surface area contributed by atoms with Crippen molar-refractivity contribution in [1.29, 1.82) is 0 Å². The molecule has 0 fully saturated rings. The summed E-state index contributed by atoms with van der Waals surface area (Å²) in [5.74, 6) is 0.00966. The molecule has 7 nitrogen and oxygen atoms in total. The molecule has 29 heavy (non-hydrogen) atoms. The number of aromatic nitrogens is 3. The van der Waals surface area contributed by atoms with E-state index < -0.39 is 15.4 Å². The summed E-state index contributed by atoms with van der Waals surface area (Å²) < 4.78 is 28.4. The molecule has 2 heterocycles. The first-order chi connectivity index (χ1) is 13.8. The predicted molar refractivity (Wildman–Crippen MR) is 112 cm³/mol. The number of nitrogens with one attached hydrogen (secondary N) is 1. The molecule has 4 rings (SSSR count). The van der Waals surface area contributed by atoms with Crippen LogP contribution in [0.4, 0.5) is 5.82 Å². The molecule has 1 unspecified atom stereocenters. The van der Waals surface area contributed by atoms with E-state index in [4.69, 9.17) is 5.73 Å². The van der Waals surface area contributed by atoms with Crippen LogP contribution in [0.2, 0.25) is 0 Å². The van der Waals surface area contributed by atoms with Crippen LogP contribution >= 0.6 is 0 Å². The summed E-state index contributed by atoms with van der Waals surface area (Å²) in [6.45, 7) is 3.74. The van der Waals surface area contributed by atoms with E-state index in [0.717, 1.165) is 11.1 Å². The van der Waals surface area contributed by atoms with E-state index >= 15 is 0 Å². The lowest BCUT2D eigenvalue weighted by molar-refractivity contribution is 0.596. The molecule has 0 saturated carbocycles. The van der Waals surface area contributed by atoms with Crippen LogP contribution in [0.1, 0.15) is 24.1 Å². The molecule has 1 atom stereocenters. The van der Waals surface area contributed by atoms with Crippen molar-refractivity contribution in [2.24, 2.45) is 0 Å². The van der Waals surface area contributed by atoms with E-state index in [2.05, 4.69) is 10.2 Å². The van der Waals surface area contributed by atoms with Gasteiger partial charge in [-0.05, 0) is 31.5 Å². The van der Waals surface area contributed by atoms with Gasteiger partial charge < -0.3 is 10.3 Å². The second-order valence-corrected chi connectivity index (χ2v) is 8.84. The molecule has 2 aromatic heterocycles. The highest BCUT2D eigenvalue weighted by Crippen LogP contribution is 2.37. The van der Waals surface area contributed by atoms with E-state index in [1.807, 2.05) is 44.2 Å². The highest BCUT2D eigenvalue weighted by atomic mass is 32.2. The van der Waals surface area contributed by atoms with Crippen molar-refractivity contribution in [3.8, 4) is 0 Å². The van der Waals surface area contributed by atoms with Crippen molar-refractivity contribution < 1.29 is 8.42 Å². The largest absolute Gasteiger partial charge is 0.384 e. The van der Waals surface area contributed by atoms with Gasteiger partial charge in [0.05, 0.1) is 17.1 Å². The minimum atomic E-state index is -3.96. The smallest absolute Gasteiger partial charge is 0.288 e. The Morgan fingerprint density at radius 1 is 1.07 bits per heavy atom. The SMILES string of the molecule is Cc1ccc(S(=O)(=O)c2c(N)n(C(C)c3ccccc3)c3c(=O)[nH]ncc23)cc1. The van der Waals surface area contributed by atoms with Crippen LogP contribution < -0.4 is 11.3 Å². The van der Waals surface area contributed by atoms with Gasteiger partial charge in [0, 0.05) is 5.39 Å². The Labute approximate surface area is 167 Å². The third kappa shape index (κ3) is 3.01. The summed E-state index contributed by atoms with van der Waals surface area (Å²) in [5, 5.41) is 6.40. The minimum Gasteiger partial charge on any atom is -0.384 e. The minimum absolute atomic E-state index is 0.00966. The molecular weight excluding hydrogens is 388 g/mol. The second-order valence-electron chi connectivity index (χ2n) is 6.95. The Bertz CT molecular complexity index is 1360. The Morgan fingerprint density at radius 3 is 2.38 bits per heavy atom. The number of aromatic amines is 1. The number of benzene rings is 2. The fraction of sp³-hybridized carbons (Fsp3) is 0.143. The first-order valence-corrected chi connectivity index (χ1v) is 10.5. The van der Waals surface area contributed by atoms with Crippen LogP contribution in [0.25, 0.3) is 10.9 Å². The van der Waals surface area contributed by atoms with Crippen molar-refractivity contribution in [2.75, 3.05) is 5.73 Å². The monoisotopic (exact) mass is 408 g/mol. The Morgan fingerprint density at radius 2 is 1.72 bits per heavy atom. The number of hydrogen-bond donors (Lipinski definition) is 2. The van der Waals surface area contributed by atoms with Gasteiger partial charge in [0.15, 0.2) is 0 Å². The molecule has 0 aliphatic heterocycles. The zero-order valence-electron chi connectivity index (χ0n) is 16.0. The maximum Gasteiger partial charge on any atom is 0.288 e. The summed E-state index contributed by atoms with van der Waals surface area (Å²) in [5.41, 5.74) is 7.90. The molecule has 0 saturated heterocycles. The highest BCUT2D eigenvalue weighted by molar-refractivity contribution is 7.92. The van der Waals surface area contributed by atoms with Crippen LogP contribution in [0, 0.1) is 6.92 Å². The fourth-order valence-electron chi connectivity index (χ4n) is 3.57. The van der Waals surface area contributed by atoms with Gasteiger partial charge in [-0.15, -0.1) is 0 Å². The van der Waals surface area contributed by atoms with E-state index in [9.17, 15) is 13.2 Å². The van der Waals surface area contributed by atoms with Gasteiger partial charge in [0.25, 0.3) is 5.56 Å². The summed E-state index contributed by atoms with van der Waals surface area (Å²) in [6, 6.07) is 15.6. The third-order valence-electron chi connectivity index (χ3n) is 5.08. The molecule has 0 spiro atoms. The van der Waals surface area contributed by atoms with E-state index in [-0.39, 0.29) is 32.6 Å². The summed E-state index contributed by atoms with van der Waals surface area (Å²) in [7, 11) is -3.96. The standard InChI is InChI=1S/C21H20N4O3S/c1-13-8-10-16(11-9-13)29(27,28)19-17-12-23-24-21(26)18(17)25(20(19)22)14(2)15-6-4-3-5-7-15/h3-12,14H,22H2,1-2H3,(H,24,26). The quantitative estimate of drug-likeness (QED) is 0.539. The highest BCUT2D eigenvalue weighted by Gasteiger charge is 2.31. The maximum atomic E-state index is 13.4. The van der Waals surface area contributed by atoms with Crippen molar-refractivity contribution in [3.05, 3.63) is 82.3 Å². The summed E-state index contributed by atoms with van der Waals surface area (Å²) >= 11 is 0. The van der Waals surface area contributed by atoms with Crippen LogP contribution in [-0.2, 0) is 9.84 Å². The first-order valence-electron chi connectivity index (χ1n) is 9.06. The lowest BCUT2D eigenvalue weighted by atomic mass is 10.1. The Hall–Kier alpha value is -3.39. The number of nitrogen functional groups attached to an aromatic ring is 1. The molecule has 0 amide bonds. The molecule has 4 aromatic rings. The van der Waals surface area contributed by atoms with Crippen molar-refractivity contribution in [3.63, 3.8) is 0 Å². The van der Waals surface area contributed by atoms with Gasteiger partial charge in [-0.2, -0.15) is 5.10 Å². The summed E-state index contributed by atoms with van der Waals surface area (Å²) in [4.78, 5) is 12.6. The number of rotatable bonds is 4. The van der Waals surface area contributed by atoms with Crippen molar-refractivity contribution in [1.82, 2.24) is 14.8 Å². The number of aryl methyl sites for hydroxylation is 1. The molecule has 8 heteroatoms. The van der Waals surface area contributed by atoms with Gasteiger partial charge in [0.2, 0.25) is 9.84 Å². The number of hydrogen-bond acceptors (Lipinski definition) is 5. The molecule has 0 bridgehead atoms. The van der Waals surface area contributed by atoms with Crippen molar-refractivity contribution >= 4 is 26.6 Å². The van der Waals surface area contributed by atoms with Gasteiger partial charge in [-0.1, -0.05) is 48.0 Å². The lowest BCUT2D eigenvalue weighted by Crippen LogP contribution is -2.17. The normalized spacial score (nSPS) is 12.9. The number of nitrogens with two attached hydrogens (primary N) is 1. The molecular formula is C21H20N4O3S. The van der Waals surface area contributed by atoms with Crippen molar-refractivity contribution in [2.45, 2.75) is 29.7 Å². The fourth-order valence-corrected chi connectivity index (χ4v) is 5.11.